The van der Waals surface area contributed by atoms with Crippen LogP contribution in [-0.4, -0.2) is 43.0 Å². The topological polar surface area (TPSA) is 59.1 Å². The number of carbonyl (C=O) groups excluding carboxylic acids is 2. The van der Waals surface area contributed by atoms with Crippen molar-refractivity contribution < 1.29 is 19.1 Å². The number of rotatable bonds is 7. The maximum absolute atomic E-state index is 13.6. The number of anilines is 1. The van der Waals surface area contributed by atoms with Crippen molar-refractivity contribution >= 4 is 34.4 Å². The molecule has 0 spiro atoms. The Balaban J connectivity index is 1.76. The molecule has 0 N–H and O–H groups in total. The van der Waals surface area contributed by atoms with E-state index in [1.54, 1.807) is 18.2 Å². The highest BCUT2D eigenvalue weighted by molar-refractivity contribution is 7.11. The third-order valence-electron chi connectivity index (χ3n) is 5.59. The second kappa shape index (κ2) is 9.14. The van der Waals surface area contributed by atoms with E-state index >= 15 is 0 Å². The molecule has 1 aromatic heterocycles. The van der Waals surface area contributed by atoms with Gasteiger partial charge in [0.25, 0.3) is 11.8 Å². The molecule has 0 radical (unpaired) electrons. The standard InChI is InChI=1S/C24H28N2O4S/c1-4-29-18-11-10-17(14-19(18)30-5-2)26-23(27)21(20-9-7-13-31-20)22(24(26)28)25-12-6-8-16(3)15-25/h7,9-11,13-14,16H,4-6,8,12,15H2,1-3H3. The molecule has 2 amide bonds. The third kappa shape index (κ3) is 4.06. The minimum atomic E-state index is -0.285. The smallest absolute Gasteiger partial charge is 0.282 e. The van der Waals surface area contributed by atoms with E-state index in [-0.39, 0.29) is 11.8 Å². The number of benzene rings is 1. The predicted molar refractivity (Wildman–Crippen MR) is 122 cm³/mol. The quantitative estimate of drug-likeness (QED) is 0.591. The molecule has 31 heavy (non-hydrogen) atoms. The molecule has 2 aliphatic heterocycles. The Bertz CT molecular complexity index is 999. The van der Waals surface area contributed by atoms with E-state index in [4.69, 9.17) is 9.47 Å². The number of ether oxygens (including phenoxy) is 2. The molecule has 7 heteroatoms. The lowest BCUT2D eigenvalue weighted by atomic mass is 9.99. The SMILES string of the molecule is CCOc1ccc(N2C(=O)C(c3cccs3)=C(N3CCCC(C)C3)C2=O)cc1OCC. The first kappa shape index (κ1) is 21.4. The molecule has 1 unspecified atom stereocenters. The molecule has 0 aliphatic carbocycles. The van der Waals surface area contributed by atoms with Crippen molar-refractivity contribution in [1.29, 1.82) is 0 Å². The molecule has 1 atom stereocenters. The molecular weight excluding hydrogens is 412 g/mol. The summed E-state index contributed by atoms with van der Waals surface area (Å²) in [5, 5.41) is 1.93. The van der Waals surface area contributed by atoms with Gasteiger partial charge in [-0.25, -0.2) is 4.90 Å². The van der Waals surface area contributed by atoms with Crippen molar-refractivity contribution in [2.75, 3.05) is 31.2 Å². The van der Waals surface area contributed by atoms with E-state index in [0.717, 1.165) is 30.8 Å². The fourth-order valence-electron chi connectivity index (χ4n) is 4.26. The van der Waals surface area contributed by atoms with Gasteiger partial charge in [-0.2, -0.15) is 0 Å². The summed E-state index contributed by atoms with van der Waals surface area (Å²) >= 11 is 1.48. The fraction of sp³-hybridized carbons (Fsp3) is 0.417. The van der Waals surface area contributed by atoms with Crippen molar-refractivity contribution in [3.8, 4) is 11.5 Å². The van der Waals surface area contributed by atoms with Gasteiger partial charge in [0.1, 0.15) is 5.70 Å². The lowest BCUT2D eigenvalue weighted by Crippen LogP contribution is -2.39. The maximum Gasteiger partial charge on any atom is 0.282 e. The molecule has 1 saturated heterocycles. The molecule has 2 aliphatic rings. The summed E-state index contributed by atoms with van der Waals surface area (Å²) in [6, 6.07) is 9.05. The van der Waals surface area contributed by atoms with Crippen molar-refractivity contribution in [1.82, 2.24) is 4.90 Å². The van der Waals surface area contributed by atoms with Crippen LogP contribution >= 0.6 is 11.3 Å². The van der Waals surface area contributed by atoms with Crippen LogP contribution in [0.4, 0.5) is 5.69 Å². The highest BCUT2D eigenvalue weighted by Gasteiger charge is 2.43. The molecule has 2 aromatic rings. The first-order chi connectivity index (χ1) is 15.0. The number of amides is 2. The Labute approximate surface area is 187 Å². The molecule has 1 aromatic carbocycles. The van der Waals surface area contributed by atoms with Crippen LogP contribution in [0.5, 0.6) is 11.5 Å². The summed E-state index contributed by atoms with van der Waals surface area (Å²) in [5.74, 6) is 1.06. The van der Waals surface area contributed by atoms with Gasteiger partial charge in [-0.05, 0) is 56.2 Å². The lowest BCUT2D eigenvalue weighted by molar-refractivity contribution is -0.120. The zero-order valence-corrected chi connectivity index (χ0v) is 19.0. The summed E-state index contributed by atoms with van der Waals surface area (Å²) in [4.78, 5) is 31.4. The lowest BCUT2D eigenvalue weighted by Gasteiger charge is -2.33. The summed E-state index contributed by atoms with van der Waals surface area (Å²) < 4.78 is 11.4. The van der Waals surface area contributed by atoms with E-state index in [1.807, 2.05) is 31.4 Å². The van der Waals surface area contributed by atoms with E-state index in [9.17, 15) is 9.59 Å². The molecule has 4 rings (SSSR count). The number of likely N-dealkylation sites (tertiary alicyclic amines) is 1. The first-order valence-electron chi connectivity index (χ1n) is 10.9. The number of hydrogen-bond donors (Lipinski definition) is 0. The van der Waals surface area contributed by atoms with Crippen LogP contribution in [0.1, 0.15) is 38.5 Å². The van der Waals surface area contributed by atoms with Gasteiger partial charge in [0.15, 0.2) is 11.5 Å². The number of piperidine rings is 1. The summed E-state index contributed by atoms with van der Waals surface area (Å²) in [6.45, 7) is 8.51. The van der Waals surface area contributed by atoms with Crippen LogP contribution in [-0.2, 0) is 9.59 Å². The van der Waals surface area contributed by atoms with Crippen molar-refractivity contribution in [2.24, 2.45) is 5.92 Å². The zero-order chi connectivity index (χ0) is 22.0. The molecular formula is C24H28N2O4S. The van der Waals surface area contributed by atoms with Gasteiger partial charge in [0.2, 0.25) is 0 Å². The van der Waals surface area contributed by atoms with Gasteiger partial charge in [0.05, 0.1) is 24.5 Å². The number of nitrogens with zero attached hydrogens (tertiary/aromatic N) is 2. The minimum Gasteiger partial charge on any atom is -0.490 e. The Morgan fingerprint density at radius 1 is 1.06 bits per heavy atom. The highest BCUT2D eigenvalue weighted by atomic mass is 32.1. The second-order valence-electron chi connectivity index (χ2n) is 7.84. The minimum absolute atomic E-state index is 0.269. The maximum atomic E-state index is 13.6. The number of hydrogen-bond acceptors (Lipinski definition) is 6. The van der Waals surface area contributed by atoms with E-state index in [1.165, 1.54) is 16.2 Å². The molecule has 0 saturated carbocycles. The largest absolute Gasteiger partial charge is 0.490 e. The van der Waals surface area contributed by atoms with Gasteiger partial charge in [-0.15, -0.1) is 11.3 Å². The fourth-order valence-corrected chi connectivity index (χ4v) is 5.02. The normalized spacial score (nSPS) is 19.4. The van der Waals surface area contributed by atoms with Gasteiger partial charge in [-0.3, -0.25) is 9.59 Å². The Hall–Kier alpha value is -2.80. The average Bonchev–Trinajstić information content (AvgIpc) is 3.36. The highest BCUT2D eigenvalue weighted by Crippen LogP contribution is 2.40. The van der Waals surface area contributed by atoms with E-state index in [2.05, 4.69) is 11.8 Å². The second-order valence-corrected chi connectivity index (χ2v) is 8.78. The van der Waals surface area contributed by atoms with Crippen LogP contribution in [0.3, 0.4) is 0 Å². The third-order valence-corrected chi connectivity index (χ3v) is 6.47. The summed E-state index contributed by atoms with van der Waals surface area (Å²) in [6.07, 6.45) is 2.15. The molecule has 0 bridgehead atoms. The molecule has 3 heterocycles. The van der Waals surface area contributed by atoms with Crippen LogP contribution in [0.25, 0.3) is 5.57 Å². The number of thiophene rings is 1. The van der Waals surface area contributed by atoms with Gasteiger partial charge in [-0.1, -0.05) is 13.0 Å². The van der Waals surface area contributed by atoms with Crippen LogP contribution in [0.15, 0.2) is 41.4 Å². The average molecular weight is 441 g/mol. The van der Waals surface area contributed by atoms with Crippen molar-refractivity contribution in [3.05, 3.63) is 46.3 Å². The van der Waals surface area contributed by atoms with Crippen LogP contribution in [0.2, 0.25) is 0 Å². The van der Waals surface area contributed by atoms with Crippen LogP contribution < -0.4 is 14.4 Å². The molecule has 164 valence electrons. The predicted octanol–water partition coefficient (Wildman–Crippen LogP) is 4.56. The number of imide groups is 1. The van der Waals surface area contributed by atoms with E-state index in [0.29, 0.717) is 47.6 Å². The summed E-state index contributed by atoms with van der Waals surface area (Å²) in [5.41, 5.74) is 1.52. The van der Waals surface area contributed by atoms with Crippen LogP contribution in [0, 0.1) is 5.92 Å². The Morgan fingerprint density at radius 3 is 2.52 bits per heavy atom. The molecule has 1 fully saturated rings. The molecule has 6 nitrogen and oxygen atoms in total. The van der Waals surface area contributed by atoms with Crippen molar-refractivity contribution in [2.45, 2.75) is 33.6 Å². The van der Waals surface area contributed by atoms with Gasteiger partial charge < -0.3 is 14.4 Å². The first-order valence-corrected chi connectivity index (χ1v) is 11.7. The zero-order valence-electron chi connectivity index (χ0n) is 18.2. The number of carbonyl (C=O) groups is 2. The monoisotopic (exact) mass is 440 g/mol. The Kier molecular flexibility index (Phi) is 6.32. The Morgan fingerprint density at radius 2 is 1.84 bits per heavy atom. The van der Waals surface area contributed by atoms with Gasteiger partial charge >= 0.3 is 0 Å². The van der Waals surface area contributed by atoms with Crippen molar-refractivity contribution in [3.63, 3.8) is 0 Å². The van der Waals surface area contributed by atoms with E-state index < -0.39 is 0 Å². The van der Waals surface area contributed by atoms with Gasteiger partial charge in [0, 0.05) is 24.0 Å². The summed E-state index contributed by atoms with van der Waals surface area (Å²) in [7, 11) is 0.